The molecule has 2 aromatic heterocycles. The molecule has 1 saturated heterocycles. The van der Waals surface area contributed by atoms with Crippen molar-refractivity contribution in [3.63, 3.8) is 0 Å². The number of carbonyl (C=O) groups is 1. The van der Waals surface area contributed by atoms with Crippen LogP contribution >= 0.6 is 11.3 Å². The highest BCUT2D eigenvalue weighted by molar-refractivity contribution is 7.20. The van der Waals surface area contributed by atoms with Crippen molar-refractivity contribution >= 4 is 33.7 Å². The standard InChI is InChI=1S/C14H17N3OS/c1-9-6-17(7-10(2)15-9)13-4-3-11-5-12(8-18)19-14(11)16-13/h3-5,8-10,15H,6-7H2,1-2H3. The van der Waals surface area contributed by atoms with E-state index in [0.717, 1.165) is 40.3 Å². The number of aromatic nitrogens is 1. The SMILES string of the molecule is CC1CN(c2ccc3cc(C=O)sc3n2)CC(C)N1. The van der Waals surface area contributed by atoms with Gasteiger partial charge in [-0.25, -0.2) is 4.98 Å². The molecule has 0 radical (unpaired) electrons. The lowest BCUT2D eigenvalue weighted by Crippen LogP contribution is -2.54. The minimum absolute atomic E-state index is 0.468. The lowest BCUT2D eigenvalue weighted by atomic mass is 10.1. The summed E-state index contributed by atoms with van der Waals surface area (Å²) < 4.78 is 0. The summed E-state index contributed by atoms with van der Waals surface area (Å²) in [5.41, 5.74) is 0. The van der Waals surface area contributed by atoms with Gasteiger partial charge in [0.15, 0.2) is 6.29 Å². The molecule has 100 valence electrons. The summed E-state index contributed by atoms with van der Waals surface area (Å²) in [7, 11) is 0. The first-order valence-corrected chi connectivity index (χ1v) is 7.34. The number of piperazine rings is 1. The van der Waals surface area contributed by atoms with E-state index in [1.165, 1.54) is 11.3 Å². The van der Waals surface area contributed by atoms with Crippen molar-refractivity contribution in [1.82, 2.24) is 10.3 Å². The molecule has 5 heteroatoms. The highest BCUT2D eigenvalue weighted by Crippen LogP contribution is 2.26. The van der Waals surface area contributed by atoms with E-state index in [1.54, 1.807) is 0 Å². The third-order valence-electron chi connectivity index (χ3n) is 3.38. The van der Waals surface area contributed by atoms with E-state index in [9.17, 15) is 4.79 Å². The van der Waals surface area contributed by atoms with E-state index in [2.05, 4.69) is 30.1 Å². The summed E-state index contributed by atoms with van der Waals surface area (Å²) >= 11 is 1.46. The normalized spacial score (nSPS) is 23.8. The Balaban J connectivity index is 1.93. The fraction of sp³-hybridized carbons (Fsp3) is 0.429. The first-order chi connectivity index (χ1) is 9.15. The summed E-state index contributed by atoms with van der Waals surface area (Å²) in [6, 6.07) is 6.94. The van der Waals surface area contributed by atoms with Gasteiger partial charge in [-0.3, -0.25) is 4.79 Å². The Labute approximate surface area is 116 Å². The van der Waals surface area contributed by atoms with Gasteiger partial charge >= 0.3 is 0 Å². The quantitative estimate of drug-likeness (QED) is 0.854. The molecule has 0 aliphatic carbocycles. The van der Waals surface area contributed by atoms with Crippen molar-refractivity contribution in [2.45, 2.75) is 25.9 Å². The molecule has 1 aliphatic rings. The van der Waals surface area contributed by atoms with Crippen LogP contribution in [-0.4, -0.2) is 36.4 Å². The summed E-state index contributed by atoms with van der Waals surface area (Å²) in [6.07, 6.45) is 0.890. The van der Waals surface area contributed by atoms with Gasteiger partial charge in [-0.1, -0.05) is 0 Å². The Kier molecular flexibility index (Phi) is 3.24. The van der Waals surface area contributed by atoms with Crippen LogP contribution in [0.3, 0.4) is 0 Å². The molecule has 3 rings (SSSR count). The van der Waals surface area contributed by atoms with Crippen molar-refractivity contribution in [3.05, 3.63) is 23.1 Å². The molecule has 2 aromatic rings. The first kappa shape index (κ1) is 12.6. The van der Waals surface area contributed by atoms with Crippen LogP contribution in [-0.2, 0) is 0 Å². The zero-order valence-electron chi connectivity index (χ0n) is 11.1. The Morgan fingerprint density at radius 2 is 2.11 bits per heavy atom. The minimum Gasteiger partial charge on any atom is -0.353 e. The van der Waals surface area contributed by atoms with Gasteiger partial charge < -0.3 is 10.2 Å². The number of nitrogens with one attached hydrogen (secondary N) is 1. The molecule has 1 N–H and O–H groups in total. The van der Waals surface area contributed by atoms with Gasteiger partial charge in [0, 0.05) is 30.6 Å². The zero-order chi connectivity index (χ0) is 13.4. The third kappa shape index (κ3) is 2.48. The monoisotopic (exact) mass is 275 g/mol. The molecule has 1 aliphatic heterocycles. The molecule has 0 bridgehead atoms. The van der Waals surface area contributed by atoms with Crippen LogP contribution < -0.4 is 10.2 Å². The molecule has 0 amide bonds. The second-order valence-electron chi connectivity index (χ2n) is 5.20. The number of fused-ring (bicyclic) bond motifs is 1. The topological polar surface area (TPSA) is 45.2 Å². The van der Waals surface area contributed by atoms with Gasteiger partial charge in [0.25, 0.3) is 0 Å². The maximum atomic E-state index is 10.8. The lowest BCUT2D eigenvalue weighted by molar-refractivity contribution is 0.112. The van der Waals surface area contributed by atoms with Gasteiger partial charge in [-0.15, -0.1) is 11.3 Å². The number of thiophene rings is 1. The van der Waals surface area contributed by atoms with E-state index < -0.39 is 0 Å². The number of hydrogen-bond donors (Lipinski definition) is 1. The third-order valence-corrected chi connectivity index (χ3v) is 4.36. The molecule has 4 nitrogen and oxygen atoms in total. The number of nitrogens with zero attached hydrogens (tertiary/aromatic N) is 2. The molecular weight excluding hydrogens is 258 g/mol. The van der Waals surface area contributed by atoms with Gasteiger partial charge in [0.2, 0.25) is 0 Å². The summed E-state index contributed by atoms with van der Waals surface area (Å²) in [6.45, 7) is 6.32. The highest BCUT2D eigenvalue weighted by atomic mass is 32.1. The van der Waals surface area contributed by atoms with E-state index in [0.29, 0.717) is 12.1 Å². The van der Waals surface area contributed by atoms with Crippen LogP contribution in [0.15, 0.2) is 18.2 Å². The second kappa shape index (κ2) is 4.90. The average Bonchev–Trinajstić information content (AvgIpc) is 2.79. The van der Waals surface area contributed by atoms with Crippen LogP contribution in [0.1, 0.15) is 23.5 Å². The van der Waals surface area contributed by atoms with Gasteiger partial charge in [0.1, 0.15) is 10.6 Å². The number of hydrogen-bond acceptors (Lipinski definition) is 5. The maximum absolute atomic E-state index is 10.8. The molecular formula is C14H17N3OS. The Bertz CT molecular complexity index is 600. The van der Waals surface area contributed by atoms with Crippen molar-refractivity contribution in [3.8, 4) is 0 Å². The van der Waals surface area contributed by atoms with Crippen molar-refractivity contribution in [1.29, 1.82) is 0 Å². The van der Waals surface area contributed by atoms with Crippen molar-refractivity contribution in [2.24, 2.45) is 0 Å². The molecule has 1 fully saturated rings. The van der Waals surface area contributed by atoms with Crippen molar-refractivity contribution in [2.75, 3.05) is 18.0 Å². The first-order valence-electron chi connectivity index (χ1n) is 6.52. The van der Waals surface area contributed by atoms with Crippen LogP contribution in [0.4, 0.5) is 5.82 Å². The predicted molar refractivity (Wildman–Crippen MR) is 79.3 cm³/mol. The Morgan fingerprint density at radius 1 is 1.37 bits per heavy atom. The summed E-state index contributed by atoms with van der Waals surface area (Å²) in [5, 5.41) is 4.56. The number of carbonyl (C=O) groups excluding carboxylic acids is 1. The molecule has 3 heterocycles. The highest BCUT2D eigenvalue weighted by Gasteiger charge is 2.22. The smallest absolute Gasteiger partial charge is 0.160 e. The lowest BCUT2D eigenvalue weighted by Gasteiger charge is -2.36. The average molecular weight is 275 g/mol. The van der Waals surface area contributed by atoms with E-state index in [-0.39, 0.29) is 0 Å². The van der Waals surface area contributed by atoms with Gasteiger partial charge in [-0.2, -0.15) is 0 Å². The summed E-state index contributed by atoms with van der Waals surface area (Å²) in [4.78, 5) is 19.5. The molecule has 2 atom stereocenters. The number of anilines is 1. The Hall–Kier alpha value is -1.46. The Morgan fingerprint density at radius 3 is 2.79 bits per heavy atom. The molecule has 2 unspecified atom stereocenters. The molecule has 19 heavy (non-hydrogen) atoms. The summed E-state index contributed by atoms with van der Waals surface area (Å²) in [5.74, 6) is 1.01. The second-order valence-corrected chi connectivity index (χ2v) is 6.27. The number of pyridine rings is 1. The van der Waals surface area contributed by atoms with Crippen LogP contribution in [0.25, 0.3) is 10.2 Å². The van der Waals surface area contributed by atoms with E-state index in [4.69, 9.17) is 4.98 Å². The van der Waals surface area contributed by atoms with Crippen molar-refractivity contribution < 1.29 is 4.79 Å². The fourth-order valence-corrected chi connectivity index (χ4v) is 3.52. The van der Waals surface area contributed by atoms with Gasteiger partial charge in [-0.05, 0) is 32.0 Å². The predicted octanol–water partition coefficient (Wildman–Crippen LogP) is 2.30. The minimum atomic E-state index is 0.468. The molecule has 0 saturated carbocycles. The zero-order valence-corrected chi connectivity index (χ0v) is 11.9. The largest absolute Gasteiger partial charge is 0.353 e. The van der Waals surface area contributed by atoms with E-state index >= 15 is 0 Å². The van der Waals surface area contributed by atoms with Crippen LogP contribution in [0, 0.1) is 0 Å². The molecule has 0 spiro atoms. The van der Waals surface area contributed by atoms with Crippen LogP contribution in [0.2, 0.25) is 0 Å². The number of aldehydes is 1. The number of rotatable bonds is 2. The fourth-order valence-electron chi connectivity index (χ4n) is 2.68. The van der Waals surface area contributed by atoms with E-state index in [1.807, 2.05) is 12.1 Å². The van der Waals surface area contributed by atoms with Gasteiger partial charge in [0.05, 0.1) is 4.88 Å². The van der Waals surface area contributed by atoms with Crippen LogP contribution in [0.5, 0.6) is 0 Å². The molecule has 0 aromatic carbocycles. The maximum Gasteiger partial charge on any atom is 0.160 e.